The molecule has 142 valence electrons. The van der Waals surface area contributed by atoms with Gasteiger partial charge in [0.05, 0.1) is 17.9 Å². The molecule has 4 N–H and O–H groups in total. The molecule has 0 bridgehead atoms. The van der Waals surface area contributed by atoms with Gasteiger partial charge in [0.15, 0.2) is 0 Å². The Bertz CT molecular complexity index is 970. The monoisotopic (exact) mass is 366 g/mol. The van der Waals surface area contributed by atoms with Gasteiger partial charge in [0.1, 0.15) is 5.75 Å². The molecule has 0 amide bonds. The number of aromatic nitrogens is 2. The Balaban J connectivity index is 1.41. The number of piperidine rings is 1. The van der Waals surface area contributed by atoms with E-state index in [1.807, 2.05) is 24.3 Å². The highest BCUT2D eigenvalue weighted by Gasteiger charge is 2.10. The number of rotatable bonds is 6. The van der Waals surface area contributed by atoms with Crippen LogP contribution in [0.25, 0.3) is 22.2 Å². The van der Waals surface area contributed by atoms with Gasteiger partial charge in [-0.3, -0.25) is 4.79 Å². The van der Waals surface area contributed by atoms with Crippen molar-refractivity contribution in [3.63, 3.8) is 0 Å². The van der Waals surface area contributed by atoms with Crippen LogP contribution in [0.2, 0.25) is 0 Å². The fourth-order valence-corrected chi connectivity index (χ4v) is 3.71. The molecule has 1 aliphatic heterocycles. The van der Waals surface area contributed by atoms with Gasteiger partial charge in [0.25, 0.3) is 5.56 Å². The van der Waals surface area contributed by atoms with E-state index in [9.17, 15) is 4.79 Å². The number of hydrogen-bond donors (Lipinski definition) is 3. The van der Waals surface area contributed by atoms with Gasteiger partial charge < -0.3 is 25.3 Å². The Hall–Kier alpha value is -2.73. The standard InChI is InChI=1S/C21H26N4O2/c22-16-13-18(21(26)23-14-16)20-12-15-11-17(5-6-19(15)24-20)27-10-4-9-25-7-2-1-3-8-25/h5-6,11-14,24H,1-4,7-10,22H2,(H,23,26). The Kier molecular flexibility index (Phi) is 5.16. The lowest BCUT2D eigenvalue weighted by Gasteiger charge is -2.26. The number of hydrogen-bond acceptors (Lipinski definition) is 4. The third-order valence-corrected chi connectivity index (χ3v) is 5.14. The Labute approximate surface area is 158 Å². The first kappa shape index (κ1) is 17.7. The van der Waals surface area contributed by atoms with E-state index in [2.05, 4.69) is 14.9 Å². The summed E-state index contributed by atoms with van der Waals surface area (Å²) in [5.74, 6) is 0.855. The van der Waals surface area contributed by atoms with E-state index in [0.717, 1.165) is 35.3 Å². The van der Waals surface area contributed by atoms with Gasteiger partial charge in [-0.05, 0) is 62.7 Å². The van der Waals surface area contributed by atoms with Crippen molar-refractivity contribution in [2.75, 3.05) is 32.0 Å². The molecule has 0 radical (unpaired) electrons. The largest absolute Gasteiger partial charge is 0.494 e. The molecule has 0 atom stereocenters. The van der Waals surface area contributed by atoms with Crippen molar-refractivity contribution in [3.05, 3.63) is 46.9 Å². The van der Waals surface area contributed by atoms with Crippen LogP contribution in [0.15, 0.2) is 41.3 Å². The van der Waals surface area contributed by atoms with Gasteiger partial charge in [-0.15, -0.1) is 0 Å². The predicted octanol–water partition coefficient (Wildman–Crippen LogP) is 3.36. The molecule has 3 heterocycles. The number of aromatic amines is 2. The van der Waals surface area contributed by atoms with E-state index in [1.165, 1.54) is 38.5 Å². The second kappa shape index (κ2) is 7.88. The number of nitrogen functional groups attached to an aromatic ring is 1. The van der Waals surface area contributed by atoms with Crippen molar-refractivity contribution < 1.29 is 4.74 Å². The molecule has 0 saturated carbocycles. The van der Waals surface area contributed by atoms with Gasteiger partial charge >= 0.3 is 0 Å². The summed E-state index contributed by atoms with van der Waals surface area (Å²) in [5, 5.41) is 1.01. The molecule has 3 aromatic rings. The van der Waals surface area contributed by atoms with Gasteiger partial charge in [0, 0.05) is 29.3 Å². The first-order valence-electron chi connectivity index (χ1n) is 9.65. The van der Waals surface area contributed by atoms with Gasteiger partial charge in [0.2, 0.25) is 0 Å². The number of likely N-dealkylation sites (tertiary alicyclic amines) is 1. The molecule has 6 nitrogen and oxygen atoms in total. The van der Waals surface area contributed by atoms with E-state index >= 15 is 0 Å². The Morgan fingerprint density at radius 2 is 1.96 bits per heavy atom. The number of benzene rings is 1. The fourth-order valence-electron chi connectivity index (χ4n) is 3.71. The van der Waals surface area contributed by atoms with Gasteiger partial charge in [-0.2, -0.15) is 0 Å². The van der Waals surface area contributed by atoms with Crippen LogP contribution in [0.4, 0.5) is 5.69 Å². The quantitative estimate of drug-likeness (QED) is 0.584. The van der Waals surface area contributed by atoms with Crippen LogP contribution in [0.3, 0.4) is 0 Å². The van der Waals surface area contributed by atoms with Crippen LogP contribution < -0.4 is 16.0 Å². The number of nitrogens with two attached hydrogens (primary N) is 1. The number of pyridine rings is 1. The van der Waals surface area contributed by atoms with Crippen LogP contribution in [0, 0.1) is 0 Å². The number of nitrogens with zero attached hydrogens (tertiary/aromatic N) is 1. The zero-order chi connectivity index (χ0) is 18.6. The lowest BCUT2D eigenvalue weighted by molar-refractivity contribution is 0.205. The summed E-state index contributed by atoms with van der Waals surface area (Å²) in [6.45, 7) is 4.27. The van der Waals surface area contributed by atoms with E-state index in [-0.39, 0.29) is 5.56 Å². The molecule has 2 aromatic heterocycles. The third-order valence-electron chi connectivity index (χ3n) is 5.14. The van der Waals surface area contributed by atoms with Crippen LogP contribution in [-0.2, 0) is 0 Å². The van der Waals surface area contributed by atoms with E-state index < -0.39 is 0 Å². The second-order valence-electron chi connectivity index (χ2n) is 7.21. The number of nitrogens with one attached hydrogen (secondary N) is 2. The van der Waals surface area contributed by atoms with Crippen molar-refractivity contribution in [2.45, 2.75) is 25.7 Å². The average molecular weight is 366 g/mol. The minimum absolute atomic E-state index is 0.162. The SMILES string of the molecule is Nc1c[nH]c(=O)c(-c2cc3cc(OCCCN4CCCCC4)ccc3[nH]2)c1. The maximum Gasteiger partial charge on any atom is 0.257 e. The molecule has 1 aromatic carbocycles. The molecule has 6 heteroatoms. The van der Waals surface area contributed by atoms with Crippen LogP contribution in [-0.4, -0.2) is 41.1 Å². The fraction of sp³-hybridized carbons (Fsp3) is 0.381. The molecular weight excluding hydrogens is 340 g/mol. The predicted molar refractivity (Wildman–Crippen MR) is 109 cm³/mol. The number of ether oxygens (including phenoxy) is 1. The first-order chi connectivity index (χ1) is 13.2. The summed E-state index contributed by atoms with van der Waals surface area (Å²) in [6, 6.07) is 9.60. The smallest absolute Gasteiger partial charge is 0.257 e. The highest BCUT2D eigenvalue weighted by atomic mass is 16.5. The van der Waals surface area contributed by atoms with Gasteiger partial charge in [-0.25, -0.2) is 0 Å². The second-order valence-corrected chi connectivity index (χ2v) is 7.21. The number of anilines is 1. The molecule has 0 aliphatic carbocycles. The summed E-state index contributed by atoms with van der Waals surface area (Å²) in [5.41, 5.74) is 8.42. The topological polar surface area (TPSA) is 87.1 Å². The minimum Gasteiger partial charge on any atom is -0.494 e. The highest BCUT2D eigenvalue weighted by molar-refractivity contribution is 5.87. The lowest BCUT2D eigenvalue weighted by Crippen LogP contribution is -2.31. The molecule has 27 heavy (non-hydrogen) atoms. The van der Waals surface area contributed by atoms with E-state index in [1.54, 1.807) is 6.07 Å². The normalized spacial score (nSPS) is 15.3. The van der Waals surface area contributed by atoms with Crippen molar-refractivity contribution in [1.82, 2.24) is 14.9 Å². The lowest BCUT2D eigenvalue weighted by atomic mass is 10.1. The van der Waals surface area contributed by atoms with Crippen LogP contribution in [0.5, 0.6) is 5.75 Å². The molecule has 1 aliphatic rings. The molecule has 0 spiro atoms. The summed E-state index contributed by atoms with van der Waals surface area (Å²) in [6.07, 6.45) is 6.55. The summed E-state index contributed by atoms with van der Waals surface area (Å²) in [4.78, 5) is 20.5. The van der Waals surface area contributed by atoms with E-state index in [0.29, 0.717) is 17.9 Å². The molecule has 4 rings (SSSR count). The summed E-state index contributed by atoms with van der Waals surface area (Å²) < 4.78 is 5.93. The van der Waals surface area contributed by atoms with E-state index in [4.69, 9.17) is 10.5 Å². The zero-order valence-electron chi connectivity index (χ0n) is 15.5. The van der Waals surface area contributed by atoms with Crippen LogP contribution >= 0.6 is 0 Å². The molecule has 0 unspecified atom stereocenters. The summed E-state index contributed by atoms with van der Waals surface area (Å²) >= 11 is 0. The molecular formula is C21H26N4O2. The molecule has 1 fully saturated rings. The Morgan fingerprint density at radius 3 is 2.81 bits per heavy atom. The molecule has 1 saturated heterocycles. The van der Waals surface area contributed by atoms with Crippen molar-refractivity contribution in [1.29, 1.82) is 0 Å². The Morgan fingerprint density at radius 1 is 1.11 bits per heavy atom. The number of H-pyrrole nitrogens is 2. The highest BCUT2D eigenvalue weighted by Crippen LogP contribution is 2.26. The zero-order valence-corrected chi connectivity index (χ0v) is 15.5. The van der Waals surface area contributed by atoms with Crippen molar-refractivity contribution >= 4 is 16.6 Å². The van der Waals surface area contributed by atoms with Crippen molar-refractivity contribution in [3.8, 4) is 17.0 Å². The maximum absolute atomic E-state index is 12.1. The number of fused-ring (bicyclic) bond motifs is 1. The summed E-state index contributed by atoms with van der Waals surface area (Å²) in [7, 11) is 0. The third kappa shape index (κ3) is 4.17. The van der Waals surface area contributed by atoms with Crippen LogP contribution in [0.1, 0.15) is 25.7 Å². The maximum atomic E-state index is 12.1. The minimum atomic E-state index is -0.162. The average Bonchev–Trinajstić information content (AvgIpc) is 3.11. The first-order valence-corrected chi connectivity index (χ1v) is 9.65. The van der Waals surface area contributed by atoms with Gasteiger partial charge in [-0.1, -0.05) is 6.42 Å². The van der Waals surface area contributed by atoms with Crippen molar-refractivity contribution in [2.24, 2.45) is 0 Å².